The molecule has 0 spiro atoms. The largest absolute Gasteiger partial charge is 0.371 e. The Bertz CT molecular complexity index is 435. The summed E-state index contributed by atoms with van der Waals surface area (Å²) in [6.07, 6.45) is 3.19. The third-order valence-corrected chi connectivity index (χ3v) is 3.72. The Morgan fingerprint density at radius 1 is 1.25 bits per heavy atom. The lowest BCUT2D eigenvalue weighted by Crippen LogP contribution is -2.48. The number of nitrogens with one attached hydrogen (secondary N) is 1. The molecule has 1 fully saturated rings. The first kappa shape index (κ1) is 9.82. The van der Waals surface area contributed by atoms with Gasteiger partial charge in [0.2, 0.25) is 0 Å². The van der Waals surface area contributed by atoms with Crippen molar-refractivity contribution in [1.82, 2.24) is 5.32 Å². The number of aliphatic imine (C=N–C) groups is 1. The summed E-state index contributed by atoms with van der Waals surface area (Å²) in [4.78, 5) is 4.49. The summed E-state index contributed by atoms with van der Waals surface area (Å²) in [5, 5.41) is 3.31. The molecule has 0 saturated heterocycles. The van der Waals surface area contributed by atoms with E-state index in [1.165, 1.54) is 0 Å². The summed E-state index contributed by atoms with van der Waals surface area (Å²) in [5.41, 5.74) is 0.663. The van der Waals surface area contributed by atoms with Crippen molar-refractivity contribution >= 4 is 5.84 Å². The maximum absolute atomic E-state index is 13.9. The third-order valence-electron chi connectivity index (χ3n) is 3.72. The van der Waals surface area contributed by atoms with E-state index in [-0.39, 0.29) is 11.2 Å². The maximum atomic E-state index is 13.9. The zero-order chi connectivity index (χ0) is 11.0. The molecule has 1 N–H and O–H groups in total. The predicted molar refractivity (Wildman–Crippen MR) is 62.2 cm³/mol. The quantitative estimate of drug-likeness (QED) is 0.809. The minimum absolute atomic E-state index is 0.0985. The molecule has 3 heteroatoms. The van der Waals surface area contributed by atoms with Gasteiger partial charge in [0.05, 0.1) is 12.0 Å². The molecule has 0 bridgehead atoms. The van der Waals surface area contributed by atoms with Gasteiger partial charge in [0, 0.05) is 12.1 Å². The van der Waals surface area contributed by atoms with Crippen LogP contribution >= 0.6 is 0 Å². The first-order valence-electron chi connectivity index (χ1n) is 5.87. The summed E-state index contributed by atoms with van der Waals surface area (Å²) in [6.45, 7) is 1.72. The third kappa shape index (κ3) is 1.27. The van der Waals surface area contributed by atoms with Crippen molar-refractivity contribution in [2.75, 3.05) is 13.1 Å². The van der Waals surface area contributed by atoms with Crippen molar-refractivity contribution in [3.05, 3.63) is 35.6 Å². The Morgan fingerprint density at radius 2 is 2.06 bits per heavy atom. The summed E-state index contributed by atoms with van der Waals surface area (Å²) < 4.78 is 13.9. The van der Waals surface area contributed by atoms with Gasteiger partial charge in [-0.3, -0.25) is 4.99 Å². The minimum atomic E-state index is -0.151. The molecule has 0 unspecified atom stereocenters. The van der Waals surface area contributed by atoms with Crippen LogP contribution in [-0.4, -0.2) is 18.9 Å². The van der Waals surface area contributed by atoms with Crippen LogP contribution in [0, 0.1) is 5.82 Å². The molecule has 3 rings (SSSR count). The monoisotopic (exact) mass is 218 g/mol. The highest BCUT2D eigenvalue weighted by Crippen LogP contribution is 2.45. The Balaban J connectivity index is 2.05. The molecule has 1 heterocycles. The number of nitrogens with zero attached hydrogens (tertiary/aromatic N) is 1. The molecular formula is C13H15FN2. The van der Waals surface area contributed by atoms with Gasteiger partial charge in [-0.05, 0) is 18.9 Å². The van der Waals surface area contributed by atoms with Crippen LogP contribution in [0.5, 0.6) is 0 Å². The lowest BCUT2D eigenvalue weighted by atomic mass is 9.63. The maximum Gasteiger partial charge on any atom is 0.127 e. The van der Waals surface area contributed by atoms with Crippen molar-refractivity contribution in [1.29, 1.82) is 0 Å². The Morgan fingerprint density at radius 3 is 2.62 bits per heavy atom. The number of hydrogen-bond acceptors (Lipinski definition) is 2. The zero-order valence-electron chi connectivity index (χ0n) is 9.17. The van der Waals surface area contributed by atoms with Gasteiger partial charge in [0.25, 0.3) is 0 Å². The first-order chi connectivity index (χ1) is 7.83. The highest BCUT2D eigenvalue weighted by molar-refractivity contribution is 5.95. The number of hydrogen-bond donors (Lipinski definition) is 1. The van der Waals surface area contributed by atoms with Crippen LogP contribution in [0.4, 0.5) is 4.39 Å². The summed E-state index contributed by atoms with van der Waals surface area (Å²) in [7, 11) is 0. The highest BCUT2D eigenvalue weighted by atomic mass is 19.1. The van der Waals surface area contributed by atoms with E-state index >= 15 is 0 Å². The van der Waals surface area contributed by atoms with E-state index in [0.29, 0.717) is 0 Å². The molecule has 1 saturated carbocycles. The van der Waals surface area contributed by atoms with E-state index in [4.69, 9.17) is 0 Å². The Hall–Kier alpha value is -1.38. The normalized spacial score (nSPS) is 22.2. The van der Waals surface area contributed by atoms with Crippen LogP contribution in [-0.2, 0) is 5.41 Å². The van der Waals surface area contributed by atoms with Gasteiger partial charge in [-0.1, -0.05) is 24.6 Å². The van der Waals surface area contributed by atoms with E-state index < -0.39 is 0 Å². The second kappa shape index (κ2) is 3.58. The SMILES string of the molecule is Fc1ccccc1C1(C2=NCCN2)CCC1. The fourth-order valence-corrected chi connectivity index (χ4v) is 2.73. The highest BCUT2D eigenvalue weighted by Gasteiger charge is 2.45. The molecule has 1 aliphatic carbocycles. The molecular weight excluding hydrogens is 203 g/mol. The molecule has 0 aromatic heterocycles. The molecule has 1 aliphatic heterocycles. The van der Waals surface area contributed by atoms with Crippen LogP contribution < -0.4 is 5.32 Å². The van der Waals surface area contributed by atoms with E-state index in [0.717, 1.165) is 43.8 Å². The Labute approximate surface area is 94.6 Å². The fraction of sp³-hybridized carbons (Fsp3) is 0.462. The standard InChI is InChI=1S/C13H15FN2/c14-11-5-2-1-4-10(11)13(6-3-7-13)12-15-8-9-16-12/h1-2,4-5H,3,6-9H2,(H,15,16). The lowest BCUT2D eigenvalue weighted by Gasteiger charge is -2.42. The van der Waals surface area contributed by atoms with E-state index in [9.17, 15) is 4.39 Å². The van der Waals surface area contributed by atoms with Crippen molar-refractivity contribution in [3.63, 3.8) is 0 Å². The molecule has 2 aliphatic rings. The predicted octanol–water partition coefficient (Wildman–Crippen LogP) is 2.25. The number of halogens is 1. The van der Waals surface area contributed by atoms with Crippen LogP contribution in [0.3, 0.4) is 0 Å². The molecule has 1 aromatic rings. The summed E-state index contributed by atoms with van der Waals surface area (Å²) >= 11 is 0. The Kier molecular flexibility index (Phi) is 2.20. The smallest absolute Gasteiger partial charge is 0.127 e. The van der Waals surface area contributed by atoms with Crippen LogP contribution in [0.2, 0.25) is 0 Å². The van der Waals surface area contributed by atoms with Crippen LogP contribution in [0.1, 0.15) is 24.8 Å². The average molecular weight is 218 g/mol. The molecule has 1 aromatic carbocycles. The number of rotatable bonds is 2. The number of benzene rings is 1. The van der Waals surface area contributed by atoms with Gasteiger partial charge in [-0.2, -0.15) is 0 Å². The second-order valence-electron chi connectivity index (χ2n) is 4.57. The molecule has 0 atom stereocenters. The molecule has 2 nitrogen and oxygen atoms in total. The molecule has 0 amide bonds. The summed E-state index contributed by atoms with van der Waals surface area (Å²) in [6, 6.07) is 7.10. The van der Waals surface area contributed by atoms with E-state index in [1.807, 2.05) is 12.1 Å². The van der Waals surface area contributed by atoms with Crippen LogP contribution in [0.15, 0.2) is 29.3 Å². The molecule has 0 radical (unpaired) electrons. The first-order valence-corrected chi connectivity index (χ1v) is 5.87. The second-order valence-corrected chi connectivity index (χ2v) is 4.57. The minimum Gasteiger partial charge on any atom is -0.371 e. The van der Waals surface area contributed by atoms with Gasteiger partial charge in [0.15, 0.2) is 0 Å². The van der Waals surface area contributed by atoms with Crippen molar-refractivity contribution in [3.8, 4) is 0 Å². The van der Waals surface area contributed by atoms with E-state index in [1.54, 1.807) is 12.1 Å². The van der Waals surface area contributed by atoms with Crippen LogP contribution in [0.25, 0.3) is 0 Å². The van der Waals surface area contributed by atoms with Gasteiger partial charge < -0.3 is 5.32 Å². The van der Waals surface area contributed by atoms with Crippen molar-refractivity contribution in [2.24, 2.45) is 4.99 Å². The zero-order valence-corrected chi connectivity index (χ0v) is 9.17. The van der Waals surface area contributed by atoms with Crippen molar-refractivity contribution < 1.29 is 4.39 Å². The van der Waals surface area contributed by atoms with Gasteiger partial charge in [-0.15, -0.1) is 0 Å². The van der Waals surface area contributed by atoms with E-state index in [2.05, 4.69) is 10.3 Å². The van der Waals surface area contributed by atoms with Gasteiger partial charge in [0.1, 0.15) is 11.7 Å². The van der Waals surface area contributed by atoms with Gasteiger partial charge >= 0.3 is 0 Å². The topological polar surface area (TPSA) is 24.4 Å². The average Bonchev–Trinajstić information content (AvgIpc) is 2.73. The molecule has 84 valence electrons. The summed E-state index contributed by atoms with van der Waals surface area (Å²) in [5.74, 6) is 0.905. The van der Waals surface area contributed by atoms with Gasteiger partial charge in [-0.25, -0.2) is 4.39 Å². The number of amidine groups is 1. The van der Waals surface area contributed by atoms with Crippen molar-refractivity contribution in [2.45, 2.75) is 24.7 Å². The molecule has 16 heavy (non-hydrogen) atoms. The fourth-order valence-electron chi connectivity index (χ4n) is 2.73. The lowest BCUT2D eigenvalue weighted by molar-refractivity contribution is 0.324.